The molecule has 0 unspecified atom stereocenters. The minimum atomic E-state index is -0.280. The number of esters is 1. The topological polar surface area (TPSA) is 26.3 Å². The number of carbonyl (C=O) groups excluding carboxylic acids is 1. The highest BCUT2D eigenvalue weighted by Crippen LogP contribution is 2.02. The Hall–Kier alpha value is -1.05. The van der Waals surface area contributed by atoms with Crippen molar-refractivity contribution in [2.24, 2.45) is 0 Å². The Bertz CT molecular complexity index is 192. The summed E-state index contributed by atoms with van der Waals surface area (Å²) in [6, 6.07) is 0. The van der Waals surface area contributed by atoms with E-state index in [1.54, 1.807) is 6.08 Å². The molecular weight excluding hydrogens is 176 g/mol. The molecule has 0 bridgehead atoms. The predicted octanol–water partition coefficient (Wildman–Crippen LogP) is 3.59. The molecule has 0 amide bonds. The Morgan fingerprint density at radius 2 is 2.00 bits per heavy atom. The predicted molar refractivity (Wildman–Crippen MR) is 58.8 cm³/mol. The second-order valence-electron chi connectivity index (χ2n) is 3.22. The van der Waals surface area contributed by atoms with Crippen LogP contribution in [-0.4, -0.2) is 5.97 Å². The van der Waals surface area contributed by atoms with E-state index in [4.69, 9.17) is 0 Å². The number of ether oxygens (including phenoxy) is 1. The van der Waals surface area contributed by atoms with Crippen molar-refractivity contribution < 1.29 is 9.53 Å². The van der Waals surface area contributed by atoms with Gasteiger partial charge < -0.3 is 4.74 Å². The number of rotatable bonds is 7. The van der Waals surface area contributed by atoms with E-state index in [0.29, 0.717) is 0 Å². The molecule has 0 aliphatic heterocycles. The van der Waals surface area contributed by atoms with Gasteiger partial charge in [0.2, 0.25) is 0 Å². The lowest BCUT2D eigenvalue weighted by Crippen LogP contribution is -1.88. The SMILES string of the molecule is CCCCCC/C=C/C=C/OC(C)=O. The summed E-state index contributed by atoms with van der Waals surface area (Å²) in [7, 11) is 0. The molecule has 14 heavy (non-hydrogen) atoms. The summed E-state index contributed by atoms with van der Waals surface area (Å²) in [5, 5.41) is 0. The Balaban J connectivity index is 3.26. The van der Waals surface area contributed by atoms with Gasteiger partial charge in [-0.15, -0.1) is 0 Å². The zero-order chi connectivity index (χ0) is 10.6. The fraction of sp³-hybridized carbons (Fsp3) is 0.583. The highest BCUT2D eigenvalue weighted by molar-refractivity contribution is 5.66. The van der Waals surface area contributed by atoms with Gasteiger partial charge in [-0.3, -0.25) is 4.79 Å². The van der Waals surface area contributed by atoms with Crippen LogP contribution in [0.1, 0.15) is 46.0 Å². The summed E-state index contributed by atoms with van der Waals surface area (Å²) >= 11 is 0. The second-order valence-corrected chi connectivity index (χ2v) is 3.22. The molecular formula is C12H20O2. The molecule has 80 valence electrons. The largest absolute Gasteiger partial charge is 0.435 e. The van der Waals surface area contributed by atoms with E-state index >= 15 is 0 Å². The fourth-order valence-electron chi connectivity index (χ4n) is 1.04. The van der Waals surface area contributed by atoms with Gasteiger partial charge >= 0.3 is 5.97 Å². The lowest BCUT2D eigenvalue weighted by Gasteiger charge is -1.93. The van der Waals surface area contributed by atoms with Crippen LogP contribution in [0.4, 0.5) is 0 Å². The molecule has 0 N–H and O–H groups in total. The molecule has 0 aliphatic carbocycles. The van der Waals surface area contributed by atoms with Gasteiger partial charge in [0.05, 0.1) is 6.26 Å². The first-order valence-electron chi connectivity index (χ1n) is 5.26. The average molecular weight is 196 g/mol. The molecule has 0 aliphatic rings. The summed E-state index contributed by atoms with van der Waals surface area (Å²) in [6.07, 6.45) is 13.4. The van der Waals surface area contributed by atoms with Crippen molar-refractivity contribution in [3.63, 3.8) is 0 Å². The van der Waals surface area contributed by atoms with Crippen molar-refractivity contribution in [1.82, 2.24) is 0 Å². The quantitative estimate of drug-likeness (QED) is 0.269. The maximum Gasteiger partial charge on any atom is 0.307 e. The Kier molecular flexibility index (Phi) is 9.28. The molecule has 0 atom stereocenters. The first-order valence-corrected chi connectivity index (χ1v) is 5.26. The van der Waals surface area contributed by atoms with Gasteiger partial charge in [0, 0.05) is 6.92 Å². The minimum Gasteiger partial charge on any atom is -0.435 e. The van der Waals surface area contributed by atoms with Crippen LogP contribution in [0, 0.1) is 0 Å². The standard InChI is InChI=1S/C12H20O2/c1-3-4-5-6-7-8-9-10-11-14-12(2)13/h8-11H,3-7H2,1-2H3/b9-8+,11-10+. The van der Waals surface area contributed by atoms with Gasteiger partial charge in [-0.1, -0.05) is 38.3 Å². The Morgan fingerprint density at radius 1 is 1.21 bits per heavy atom. The van der Waals surface area contributed by atoms with Crippen molar-refractivity contribution in [2.75, 3.05) is 0 Å². The van der Waals surface area contributed by atoms with E-state index in [1.165, 1.54) is 38.9 Å². The van der Waals surface area contributed by atoms with Gasteiger partial charge in [-0.2, -0.15) is 0 Å². The van der Waals surface area contributed by atoms with Crippen molar-refractivity contribution >= 4 is 5.97 Å². The van der Waals surface area contributed by atoms with Crippen LogP contribution in [0.15, 0.2) is 24.5 Å². The zero-order valence-electron chi connectivity index (χ0n) is 9.16. The molecule has 0 fully saturated rings. The smallest absolute Gasteiger partial charge is 0.307 e. The van der Waals surface area contributed by atoms with E-state index in [2.05, 4.69) is 17.7 Å². The molecule has 0 saturated heterocycles. The number of hydrogen-bond donors (Lipinski definition) is 0. The molecule has 0 saturated carbocycles. The lowest BCUT2D eigenvalue weighted by molar-refractivity contribution is -0.135. The molecule has 0 radical (unpaired) electrons. The Morgan fingerprint density at radius 3 is 2.64 bits per heavy atom. The Labute approximate surface area is 86.6 Å². The maximum atomic E-state index is 10.4. The molecule has 0 heterocycles. The third kappa shape index (κ3) is 11.0. The minimum absolute atomic E-state index is 0.280. The van der Waals surface area contributed by atoms with Gasteiger partial charge in [0.15, 0.2) is 0 Å². The van der Waals surface area contributed by atoms with Crippen molar-refractivity contribution in [2.45, 2.75) is 46.0 Å². The van der Waals surface area contributed by atoms with Crippen molar-refractivity contribution in [3.05, 3.63) is 24.5 Å². The molecule has 2 heteroatoms. The van der Waals surface area contributed by atoms with E-state index < -0.39 is 0 Å². The third-order valence-electron chi connectivity index (χ3n) is 1.78. The first kappa shape index (κ1) is 12.9. The van der Waals surface area contributed by atoms with Crippen molar-refractivity contribution in [3.8, 4) is 0 Å². The number of carbonyl (C=O) groups is 1. The molecule has 0 aromatic rings. The molecule has 0 aromatic carbocycles. The number of unbranched alkanes of at least 4 members (excludes halogenated alkanes) is 4. The van der Waals surface area contributed by atoms with Crippen LogP contribution in [-0.2, 0) is 9.53 Å². The zero-order valence-corrected chi connectivity index (χ0v) is 9.16. The summed E-state index contributed by atoms with van der Waals surface area (Å²) in [5.74, 6) is -0.280. The third-order valence-corrected chi connectivity index (χ3v) is 1.78. The lowest BCUT2D eigenvalue weighted by atomic mass is 10.1. The number of hydrogen-bond acceptors (Lipinski definition) is 2. The fourth-order valence-corrected chi connectivity index (χ4v) is 1.04. The van der Waals surface area contributed by atoms with Gasteiger partial charge in [-0.25, -0.2) is 0 Å². The van der Waals surface area contributed by atoms with Gasteiger partial charge in [0.1, 0.15) is 0 Å². The van der Waals surface area contributed by atoms with Crippen LogP contribution in [0.2, 0.25) is 0 Å². The summed E-state index contributed by atoms with van der Waals surface area (Å²) in [6.45, 7) is 3.59. The van der Waals surface area contributed by atoms with Gasteiger partial charge in [0.25, 0.3) is 0 Å². The highest BCUT2D eigenvalue weighted by atomic mass is 16.5. The molecule has 0 aromatic heterocycles. The van der Waals surface area contributed by atoms with Crippen LogP contribution in [0.3, 0.4) is 0 Å². The summed E-state index contributed by atoms with van der Waals surface area (Å²) in [4.78, 5) is 10.4. The maximum absolute atomic E-state index is 10.4. The van der Waals surface area contributed by atoms with Gasteiger partial charge in [-0.05, 0) is 18.9 Å². The van der Waals surface area contributed by atoms with Crippen molar-refractivity contribution in [1.29, 1.82) is 0 Å². The summed E-state index contributed by atoms with van der Waals surface area (Å²) < 4.78 is 4.62. The van der Waals surface area contributed by atoms with E-state index in [-0.39, 0.29) is 5.97 Å². The monoisotopic (exact) mass is 196 g/mol. The molecule has 0 spiro atoms. The average Bonchev–Trinajstić information content (AvgIpc) is 2.15. The van der Waals surface area contributed by atoms with Crippen LogP contribution < -0.4 is 0 Å². The second kappa shape index (κ2) is 10.0. The molecule has 2 nitrogen and oxygen atoms in total. The molecule has 0 rings (SSSR count). The van der Waals surface area contributed by atoms with Crippen LogP contribution in [0.25, 0.3) is 0 Å². The van der Waals surface area contributed by atoms with E-state index in [0.717, 1.165) is 6.42 Å². The number of allylic oxidation sites excluding steroid dienone is 3. The van der Waals surface area contributed by atoms with Crippen LogP contribution in [0.5, 0.6) is 0 Å². The van der Waals surface area contributed by atoms with E-state index in [1.807, 2.05) is 6.08 Å². The first-order chi connectivity index (χ1) is 6.77. The normalized spacial score (nSPS) is 11.3. The summed E-state index contributed by atoms with van der Waals surface area (Å²) in [5.41, 5.74) is 0. The highest BCUT2D eigenvalue weighted by Gasteiger charge is 1.84. The van der Waals surface area contributed by atoms with E-state index in [9.17, 15) is 4.79 Å². The van der Waals surface area contributed by atoms with Crippen LogP contribution >= 0.6 is 0 Å².